The first-order valence-electron chi connectivity index (χ1n) is 11.8. The van der Waals surface area contributed by atoms with E-state index in [2.05, 4.69) is 4.72 Å². The minimum Gasteiger partial charge on any atom is -0.496 e. The zero-order valence-electron chi connectivity index (χ0n) is 19.8. The number of hydrogen-bond acceptors (Lipinski definition) is 6. The number of likely N-dealkylation sites (tertiary alicyclic amines) is 1. The molecule has 0 atom stereocenters. The van der Waals surface area contributed by atoms with Gasteiger partial charge in [0.25, 0.3) is 15.9 Å². The zero-order chi connectivity index (χ0) is 25.1. The number of nitrogens with one attached hydrogen (secondary N) is 1. The van der Waals surface area contributed by atoms with Gasteiger partial charge < -0.3 is 9.64 Å². The number of methoxy groups -OCH3 is 1. The van der Waals surface area contributed by atoms with Crippen molar-refractivity contribution in [3.63, 3.8) is 0 Å². The van der Waals surface area contributed by atoms with Gasteiger partial charge in [0.2, 0.25) is 10.0 Å². The maximum atomic E-state index is 13.1. The van der Waals surface area contributed by atoms with Crippen LogP contribution in [0, 0.1) is 0 Å². The fourth-order valence-corrected chi connectivity index (χ4v) is 7.05. The summed E-state index contributed by atoms with van der Waals surface area (Å²) >= 11 is 0. The van der Waals surface area contributed by atoms with Crippen molar-refractivity contribution in [1.82, 2.24) is 9.21 Å². The minimum atomic E-state index is -4.03. The van der Waals surface area contributed by atoms with E-state index in [1.807, 2.05) is 0 Å². The van der Waals surface area contributed by atoms with Crippen LogP contribution in [-0.2, 0) is 20.0 Å². The highest BCUT2D eigenvalue weighted by molar-refractivity contribution is 7.92. The van der Waals surface area contributed by atoms with E-state index in [0.29, 0.717) is 31.9 Å². The number of ether oxygens (including phenoxy) is 1. The van der Waals surface area contributed by atoms with Crippen LogP contribution in [0.15, 0.2) is 52.3 Å². The molecule has 2 fully saturated rings. The van der Waals surface area contributed by atoms with Crippen LogP contribution in [0.5, 0.6) is 5.75 Å². The van der Waals surface area contributed by atoms with Gasteiger partial charge in [0, 0.05) is 31.9 Å². The van der Waals surface area contributed by atoms with E-state index in [9.17, 15) is 21.6 Å². The molecular formula is C24H31N3O6S2. The van der Waals surface area contributed by atoms with Crippen molar-refractivity contribution in [2.24, 2.45) is 0 Å². The van der Waals surface area contributed by atoms with Crippen molar-refractivity contribution in [1.29, 1.82) is 0 Å². The SMILES string of the molecule is COc1ccc(S(=O)(=O)Nc2ccc(S(=O)(=O)N3CCCCC3)cc2)cc1C(=O)N1CCCCC1. The van der Waals surface area contributed by atoms with Crippen LogP contribution in [0.4, 0.5) is 5.69 Å². The van der Waals surface area contributed by atoms with Gasteiger partial charge in [-0.1, -0.05) is 6.42 Å². The number of amides is 1. The lowest BCUT2D eigenvalue weighted by Crippen LogP contribution is -2.35. The van der Waals surface area contributed by atoms with Crippen molar-refractivity contribution in [2.75, 3.05) is 38.0 Å². The summed E-state index contributed by atoms with van der Waals surface area (Å²) in [6, 6.07) is 9.84. The predicted octanol–water partition coefficient (Wildman–Crippen LogP) is 3.30. The zero-order valence-corrected chi connectivity index (χ0v) is 21.4. The summed E-state index contributed by atoms with van der Waals surface area (Å²) in [6.45, 7) is 2.24. The fourth-order valence-electron chi connectivity index (χ4n) is 4.45. The molecule has 0 aromatic heterocycles. The molecular weight excluding hydrogens is 490 g/mol. The number of piperidine rings is 2. The van der Waals surface area contributed by atoms with Crippen molar-refractivity contribution >= 4 is 31.6 Å². The van der Waals surface area contributed by atoms with Gasteiger partial charge in [0.15, 0.2) is 0 Å². The van der Waals surface area contributed by atoms with E-state index in [-0.39, 0.29) is 26.9 Å². The van der Waals surface area contributed by atoms with E-state index in [4.69, 9.17) is 4.74 Å². The van der Waals surface area contributed by atoms with E-state index in [1.54, 1.807) is 4.90 Å². The second kappa shape index (κ2) is 10.5. The lowest BCUT2D eigenvalue weighted by Gasteiger charge is -2.27. The van der Waals surface area contributed by atoms with Crippen molar-refractivity contribution in [3.05, 3.63) is 48.0 Å². The molecule has 0 unspecified atom stereocenters. The molecule has 2 aliphatic rings. The van der Waals surface area contributed by atoms with E-state index in [0.717, 1.165) is 38.5 Å². The second-order valence-corrected chi connectivity index (χ2v) is 12.4. The average molecular weight is 522 g/mol. The van der Waals surface area contributed by atoms with Crippen LogP contribution in [-0.4, -0.2) is 65.2 Å². The van der Waals surface area contributed by atoms with Crippen LogP contribution in [0.1, 0.15) is 48.9 Å². The van der Waals surface area contributed by atoms with Gasteiger partial charge in [-0.3, -0.25) is 9.52 Å². The van der Waals surface area contributed by atoms with Crippen molar-refractivity contribution in [2.45, 2.75) is 48.3 Å². The first-order chi connectivity index (χ1) is 16.7. The topological polar surface area (TPSA) is 113 Å². The number of sulfonamides is 2. The number of nitrogens with zero attached hydrogens (tertiary/aromatic N) is 2. The molecule has 2 aromatic carbocycles. The third kappa shape index (κ3) is 5.62. The van der Waals surface area contributed by atoms with Gasteiger partial charge in [-0.15, -0.1) is 0 Å². The van der Waals surface area contributed by atoms with Gasteiger partial charge in [-0.25, -0.2) is 16.8 Å². The second-order valence-electron chi connectivity index (χ2n) is 8.81. The lowest BCUT2D eigenvalue weighted by atomic mass is 10.1. The Labute approximate surface area is 207 Å². The van der Waals surface area contributed by atoms with Gasteiger partial charge >= 0.3 is 0 Å². The minimum absolute atomic E-state index is 0.0799. The number of hydrogen-bond donors (Lipinski definition) is 1. The Morgan fingerprint density at radius 3 is 1.97 bits per heavy atom. The Morgan fingerprint density at radius 1 is 0.800 bits per heavy atom. The molecule has 9 nitrogen and oxygen atoms in total. The van der Waals surface area contributed by atoms with Gasteiger partial charge in [-0.2, -0.15) is 4.31 Å². The number of anilines is 1. The maximum Gasteiger partial charge on any atom is 0.261 e. The fraction of sp³-hybridized carbons (Fsp3) is 0.458. The van der Waals surface area contributed by atoms with Gasteiger partial charge in [-0.05, 0) is 74.6 Å². The summed E-state index contributed by atoms with van der Waals surface area (Å²) in [5.41, 5.74) is 0.419. The standard InChI is InChI=1S/C24H31N3O6S2/c1-33-23-13-12-21(18-22(23)24(28)26-14-4-2-5-15-26)34(29,30)25-19-8-10-20(11-9-19)35(31,32)27-16-6-3-7-17-27/h8-13,18,25H,2-7,14-17H2,1H3. The number of carbonyl (C=O) groups is 1. The highest BCUT2D eigenvalue weighted by Crippen LogP contribution is 2.27. The van der Waals surface area contributed by atoms with Crippen LogP contribution in [0.25, 0.3) is 0 Å². The molecule has 2 saturated heterocycles. The molecule has 1 N–H and O–H groups in total. The Morgan fingerprint density at radius 2 is 1.37 bits per heavy atom. The highest BCUT2D eigenvalue weighted by atomic mass is 32.2. The maximum absolute atomic E-state index is 13.1. The highest BCUT2D eigenvalue weighted by Gasteiger charge is 2.27. The summed E-state index contributed by atoms with van der Waals surface area (Å²) in [6.07, 6.45) is 5.58. The molecule has 190 valence electrons. The first kappa shape index (κ1) is 25.5. The largest absolute Gasteiger partial charge is 0.496 e. The predicted molar refractivity (Wildman–Crippen MR) is 133 cm³/mol. The normalized spacial score (nSPS) is 17.7. The summed E-state index contributed by atoms with van der Waals surface area (Å²) in [7, 11) is -6.20. The van der Waals surface area contributed by atoms with Crippen molar-refractivity contribution < 1.29 is 26.4 Å². The molecule has 0 saturated carbocycles. The monoisotopic (exact) mass is 521 g/mol. The van der Waals surface area contributed by atoms with E-state index >= 15 is 0 Å². The summed E-state index contributed by atoms with van der Waals surface area (Å²) in [4.78, 5) is 14.8. The summed E-state index contributed by atoms with van der Waals surface area (Å²) < 4.78 is 61.1. The molecule has 0 spiro atoms. The van der Waals surface area contributed by atoms with Gasteiger partial charge in [0.05, 0.1) is 22.5 Å². The van der Waals surface area contributed by atoms with E-state index < -0.39 is 20.0 Å². The average Bonchev–Trinajstić information content (AvgIpc) is 2.89. The molecule has 4 rings (SSSR count). The van der Waals surface area contributed by atoms with Gasteiger partial charge in [0.1, 0.15) is 5.75 Å². The van der Waals surface area contributed by atoms with Crippen LogP contribution in [0.2, 0.25) is 0 Å². The van der Waals surface area contributed by atoms with E-state index in [1.165, 1.54) is 53.9 Å². The van der Waals surface area contributed by atoms with Crippen molar-refractivity contribution in [3.8, 4) is 5.75 Å². The number of benzene rings is 2. The molecule has 11 heteroatoms. The van der Waals surface area contributed by atoms with Crippen LogP contribution in [0.3, 0.4) is 0 Å². The Balaban J connectivity index is 1.54. The Hall–Kier alpha value is -2.63. The number of carbonyl (C=O) groups excluding carboxylic acids is 1. The molecule has 0 aliphatic carbocycles. The Kier molecular flexibility index (Phi) is 7.67. The molecule has 0 bridgehead atoms. The molecule has 2 aromatic rings. The van der Waals surface area contributed by atoms with Crippen LogP contribution >= 0.6 is 0 Å². The first-order valence-corrected chi connectivity index (χ1v) is 14.7. The summed E-state index contributed by atoms with van der Waals surface area (Å²) in [5.74, 6) is 0.0534. The smallest absolute Gasteiger partial charge is 0.261 e. The summed E-state index contributed by atoms with van der Waals surface area (Å²) in [5, 5.41) is 0. The molecule has 2 heterocycles. The molecule has 0 radical (unpaired) electrons. The van der Waals surface area contributed by atoms with Crippen LogP contribution < -0.4 is 9.46 Å². The quantitative estimate of drug-likeness (QED) is 0.598. The molecule has 2 aliphatic heterocycles. The third-order valence-electron chi connectivity index (χ3n) is 6.41. The third-order valence-corrected chi connectivity index (χ3v) is 9.71. The molecule has 35 heavy (non-hydrogen) atoms. The lowest BCUT2D eigenvalue weighted by molar-refractivity contribution is 0.0720. The number of rotatable bonds is 7. The molecule has 1 amide bonds. The Bertz CT molecular complexity index is 1260.